The predicted molar refractivity (Wildman–Crippen MR) is 71.2 cm³/mol. The smallest absolute Gasteiger partial charge is 0.236 e. The molecule has 1 heterocycles. The fourth-order valence-corrected chi connectivity index (χ4v) is 1.91. The number of nitrogens with zero attached hydrogens (tertiary/aromatic N) is 3. The van der Waals surface area contributed by atoms with Gasteiger partial charge in [0.1, 0.15) is 6.07 Å². The summed E-state index contributed by atoms with van der Waals surface area (Å²) in [6.07, 6.45) is 1.50. The molecular formula is C11H9N5OS. The van der Waals surface area contributed by atoms with Crippen molar-refractivity contribution in [1.82, 2.24) is 5.32 Å². The van der Waals surface area contributed by atoms with Gasteiger partial charge in [-0.15, -0.1) is 5.10 Å². The van der Waals surface area contributed by atoms with E-state index in [1.54, 1.807) is 18.2 Å². The molecule has 90 valence electrons. The normalized spacial score (nSPS) is 17.1. The summed E-state index contributed by atoms with van der Waals surface area (Å²) in [5.74, 6) is 0.294. The standard InChI is InChI=1S/C11H9N5OS/c12-4-8-3-7(1-2-9(8)13)5-14-16-11-15-10(17)6-18-11/h1-3,5H,6,13H2,(H,15,16,17). The number of nitriles is 1. The van der Waals surface area contributed by atoms with Gasteiger partial charge < -0.3 is 11.1 Å². The van der Waals surface area contributed by atoms with Crippen molar-refractivity contribution >= 4 is 34.7 Å². The second-order valence-electron chi connectivity index (χ2n) is 3.45. The van der Waals surface area contributed by atoms with Crippen LogP contribution >= 0.6 is 11.8 Å². The zero-order chi connectivity index (χ0) is 13.0. The highest BCUT2D eigenvalue weighted by Crippen LogP contribution is 2.12. The third-order valence-electron chi connectivity index (χ3n) is 2.14. The van der Waals surface area contributed by atoms with E-state index in [1.807, 2.05) is 6.07 Å². The van der Waals surface area contributed by atoms with Crippen LogP contribution in [0.2, 0.25) is 0 Å². The molecule has 0 saturated carbocycles. The van der Waals surface area contributed by atoms with Gasteiger partial charge in [0.2, 0.25) is 5.91 Å². The molecule has 1 aromatic carbocycles. The molecular weight excluding hydrogens is 250 g/mol. The van der Waals surface area contributed by atoms with E-state index in [2.05, 4.69) is 15.5 Å². The Morgan fingerprint density at radius 3 is 3.06 bits per heavy atom. The summed E-state index contributed by atoms with van der Waals surface area (Å²) >= 11 is 1.30. The molecule has 1 aromatic rings. The number of rotatable bonds is 2. The minimum Gasteiger partial charge on any atom is -0.398 e. The molecule has 2 rings (SSSR count). The molecule has 0 bridgehead atoms. The van der Waals surface area contributed by atoms with Gasteiger partial charge >= 0.3 is 0 Å². The number of anilines is 1. The lowest BCUT2D eigenvalue weighted by Gasteiger charge is -1.97. The topological polar surface area (TPSA) is 104 Å². The number of hydrogen-bond acceptors (Lipinski definition) is 6. The maximum Gasteiger partial charge on any atom is 0.236 e. The van der Waals surface area contributed by atoms with Gasteiger partial charge in [-0.3, -0.25) is 4.79 Å². The Bertz CT molecular complexity index is 588. The van der Waals surface area contributed by atoms with Crippen LogP contribution in [0.1, 0.15) is 11.1 Å². The van der Waals surface area contributed by atoms with Crippen molar-refractivity contribution in [2.45, 2.75) is 0 Å². The van der Waals surface area contributed by atoms with Crippen molar-refractivity contribution in [3.05, 3.63) is 29.3 Å². The van der Waals surface area contributed by atoms with Crippen molar-refractivity contribution in [2.75, 3.05) is 11.5 Å². The summed E-state index contributed by atoms with van der Waals surface area (Å²) in [7, 11) is 0. The molecule has 18 heavy (non-hydrogen) atoms. The average Bonchev–Trinajstić information content (AvgIpc) is 2.77. The zero-order valence-electron chi connectivity index (χ0n) is 9.25. The Morgan fingerprint density at radius 1 is 1.56 bits per heavy atom. The van der Waals surface area contributed by atoms with Crippen LogP contribution < -0.4 is 11.1 Å². The molecule has 0 unspecified atom stereocenters. The Morgan fingerprint density at radius 2 is 2.39 bits per heavy atom. The molecule has 0 aliphatic carbocycles. The number of carbonyl (C=O) groups is 1. The number of thioether (sulfide) groups is 1. The minimum atomic E-state index is -0.0757. The maximum absolute atomic E-state index is 10.9. The molecule has 0 atom stereocenters. The van der Waals surface area contributed by atoms with E-state index >= 15 is 0 Å². The van der Waals surface area contributed by atoms with Crippen molar-refractivity contribution in [1.29, 1.82) is 5.26 Å². The third-order valence-corrected chi connectivity index (χ3v) is 3.00. The summed E-state index contributed by atoms with van der Waals surface area (Å²) in [4.78, 5) is 10.9. The van der Waals surface area contributed by atoms with Gasteiger partial charge in [0, 0.05) is 5.69 Å². The third kappa shape index (κ3) is 2.87. The van der Waals surface area contributed by atoms with E-state index in [0.29, 0.717) is 22.2 Å². The predicted octanol–water partition coefficient (Wildman–Crippen LogP) is 0.693. The van der Waals surface area contributed by atoms with E-state index in [-0.39, 0.29) is 5.91 Å². The molecule has 3 N–H and O–H groups in total. The monoisotopic (exact) mass is 259 g/mol. The largest absolute Gasteiger partial charge is 0.398 e. The summed E-state index contributed by atoms with van der Waals surface area (Å²) in [5, 5.41) is 19.5. The highest BCUT2D eigenvalue weighted by molar-refractivity contribution is 8.15. The molecule has 1 saturated heterocycles. The van der Waals surface area contributed by atoms with E-state index in [1.165, 1.54) is 18.0 Å². The first kappa shape index (κ1) is 12.1. The molecule has 1 aliphatic heterocycles. The molecule has 1 fully saturated rings. The van der Waals surface area contributed by atoms with E-state index < -0.39 is 0 Å². The molecule has 0 aromatic heterocycles. The molecule has 1 amide bonds. The summed E-state index contributed by atoms with van der Waals surface area (Å²) in [6.45, 7) is 0. The number of nitrogens with two attached hydrogens (primary N) is 1. The Hall–Kier alpha value is -2.33. The fraction of sp³-hybridized carbons (Fsp3) is 0.0909. The SMILES string of the molecule is N#Cc1cc(C=NN=C2NC(=O)CS2)ccc1N. The number of nitrogen functional groups attached to an aromatic ring is 1. The van der Waals surface area contributed by atoms with Gasteiger partial charge in [0.05, 0.1) is 17.5 Å². The Kier molecular flexibility index (Phi) is 3.60. The van der Waals surface area contributed by atoms with Crippen LogP contribution in [0.5, 0.6) is 0 Å². The molecule has 0 spiro atoms. The van der Waals surface area contributed by atoms with Gasteiger partial charge in [-0.2, -0.15) is 10.4 Å². The summed E-state index contributed by atoms with van der Waals surface area (Å²) in [6, 6.07) is 6.99. The number of hydrogen-bond donors (Lipinski definition) is 2. The fourth-order valence-electron chi connectivity index (χ4n) is 1.28. The van der Waals surface area contributed by atoms with Crippen LogP contribution in [0.25, 0.3) is 0 Å². The lowest BCUT2D eigenvalue weighted by atomic mass is 10.1. The number of benzene rings is 1. The second kappa shape index (κ2) is 5.33. The Labute approximate surface area is 108 Å². The lowest BCUT2D eigenvalue weighted by molar-refractivity contribution is -0.116. The van der Waals surface area contributed by atoms with Crippen molar-refractivity contribution in [3.63, 3.8) is 0 Å². The first-order valence-electron chi connectivity index (χ1n) is 5.02. The number of amidine groups is 1. The van der Waals surface area contributed by atoms with Crippen LogP contribution in [0.4, 0.5) is 5.69 Å². The summed E-state index contributed by atoms with van der Waals surface area (Å²) < 4.78 is 0. The molecule has 6 nitrogen and oxygen atoms in total. The van der Waals surface area contributed by atoms with E-state index in [0.717, 1.165) is 5.56 Å². The zero-order valence-corrected chi connectivity index (χ0v) is 10.1. The number of nitrogens with one attached hydrogen (secondary N) is 1. The number of amides is 1. The van der Waals surface area contributed by atoms with E-state index in [9.17, 15) is 4.79 Å². The van der Waals surface area contributed by atoms with Crippen molar-refractivity contribution in [3.8, 4) is 6.07 Å². The van der Waals surface area contributed by atoms with Crippen LogP contribution in [-0.4, -0.2) is 23.0 Å². The molecule has 0 radical (unpaired) electrons. The van der Waals surface area contributed by atoms with Crippen LogP contribution in [0.15, 0.2) is 28.4 Å². The highest BCUT2D eigenvalue weighted by atomic mass is 32.2. The van der Waals surface area contributed by atoms with Gasteiger partial charge in [0.15, 0.2) is 5.17 Å². The van der Waals surface area contributed by atoms with Crippen LogP contribution in [0.3, 0.4) is 0 Å². The highest BCUT2D eigenvalue weighted by Gasteiger charge is 2.15. The van der Waals surface area contributed by atoms with Crippen molar-refractivity contribution < 1.29 is 4.79 Å². The van der Waals surface area contributed by atoms with Gasteiger partial charge in [0.25, 0.3) is 0 Å². The quantitative estimate of drug-likeness (QED) is 0.463. The second-order valence-corrected chi connectivity index (χ2v) is 4.41. The average molecular weight is 259 g/mol. The van der Waals surface area contributed by atoms with E-state index in [4.69, 9.17) is 11.0 Å². The number of carbonyl (C=O) groups excluding carboxylic acids is 1. The first-order chi connectivity index (χ1) is 8.69. The summed E-state index contributed by atoms with van der Waals surface area (Å²) in [5.41, 5.74) is 7.15. The van der Waals surface area contributed by atoms with Gasteiger partial charge in [-0.1, -0.05) is 17.8 Å². The van der Waals surface area contributed by atoms with Crippen LogP contribution in [-0.2, 0) is 4.79 Å². The molecule has 7 heteroatoms. The van der Waals surface area contributed by atoms with Gasteiger partial charge in [-0.25, -0.2) is 0 Å². The maximum atomic E-state index is 10.9. The molecule has 1 aliphatic rings. The first-order valence-corrected chi connectivity index (χ1v) is 6.01. The van der Waals surface area contributed by atoms with Crippen molar-refractivity contribution in [2.24, 2.45) is 10.2 Å². The van der Waals surface area contributed by atoms with Crippen LogP contribution in [0, 0.1) is 11.3 Å². The van der Waals surface area contributed by atoms with Gasteiger partial charge in [-0.05, 0) is 17.7 Å². The lowest BCUT2D eigenvalue weighted by Crippen LogP contribution is -2.19. The Balaban J connectivity index is 2.10. The minimum absolute atomic E-state index is 0.0757.